The van der Waals surface area contributed by atoms with Crippen LogP contribution < -0.4 is 0 Å². The molecule has 0 saturated heterocycles. The number of nitrogens with one attached hydrogen (secondary N) is 1. The number of amides is 1. The minimum Gasteiger partial charge on any atom is -0.354 e. The minimum atomic E-state index is -0.0580. The number of carbonyl (C=O) groups excluding carboxylic acids is 1. The summed E-state index contributed by atoms with van der Waals surface area (Å²) in [5, 5.41) is 1.23. The molecule has 9 rings (SSSR count). The van der Waals surface area contributed by atoms with Gasteiger partial charge in [-0.2, -0.15) is 0 Å². The van der Waals surface area contributed by atoms with Gasteiger partial charge in [0, 0.05) is 27.6 Å². The van der Waals surface area contributed by atoms with E-state index in [4.69, 9.17) is 0 Å². The van der Waals surface area contributed by atoms with E-state index in [9.17, 15) is 4.79 Å². The summed E-state index contributed by atoms with van der Waals surface area (Å²) in [4.78, 5) is 20.5. The normalized spacial score (nSPS) is 30.4. The third kappa shape index (κ3) is 2.83. The second kappa shape index (κ2) is 7.35. The zero-order valence-corrected chi connectivity index (χ0v) is 20.8. The molecule has 2 heterocycles. The number of hydrogen-bond donors (Lipinski definition) is 1. The first-order valence-electron chi connectivity index (χ1n) is 13.7. The number of fused-ring (bicyclic) bond motifs is 2. The van der Waals surface area contributed by atoms with Gasteiger partial charge in [-0.15, -0.1) is 0 Å². The van der Waals surface area contributed by atoms with Gasteiger partial charge in [-0.25, -0.2) is 0 Å². The average Bonchev–Trinajstić information content (AvgIpc) is 3.39. The fourth-order valence-corrected chi connectivity index (χ4v) is 8.85. The van der Waals surface area contributed by atoms with Crippen LogP contribution in [0.5, 0.6) is 0 Å². The highest BCUT2D eigenvalue weighted by Crippen LogP contribution is 2.61. The molecule has 4 aliphatic carbocycles. The molecule has 0 radical (unpaired) electrons. The van der Waals surface area contributed by atoms with E-state index in [1.165, 1.54) is 66.2 Å². The van der Waals surface area contributed by atoms with Gasteiger partial charge in [0.05, 0.1) is 11.7 Å². The van der Waals surface area contributed by atoms with Gasteiger partial charge in [0.2, 0.25) is 0 Å². The molecule has 180 valence electrons. The maximum absolute atomic E-state index is 14.4. The molecule has 36 heavy (non-hydrogen) atoms. The highest BCUT2D eigenvalue weighted by Gasteiger charge is 2.58. The molecule has 4 aromatic rings. The number of H-pyrrole nitrogens is 1. The maximum Gasteiger partial charge on any atom is 0.255 e. The Balaban J connectivity index is 1.39. The molecule has 4 fully saturated rings. The van der Waals surface area contributed by atoms with Crippen molar-refractivity contribution in [2.45, 2.75) is 57.0 Å². The van der Waals surface area contributed by atoms with Gasteiger partial charge in [-0.1, -0.05) is 66.2 Å². The number of aromatic amines is 1. The molecule has 1 amide bonds. The molecule has 5 aliphatic rings. The van der Waals surface area contributed by atoms with E-state index in [0.29, 0.717) is 0 Å². The number of rotatable bonds is 3. The Kier molecular flexibility index (Phi) is 4.25. The Morgan fingerprint density at radius 3 is 2.17 bits per heavy atom. The van der Waals surface area contributed by atoms with Crippen LogP contribution in [0.4, 0.5) is 0 Å². The van der Waals surface area contributed by atoms with Crippen LogP contribution in [0.1, 0.15) is 71.6 Å². The second-order valence-electron chi connectivity index (χ2n) is 12.1. The van der Waals surface area contributed by atoms with E-state index in [2.05, 4.69) is 83.5 Å². The zero-order chi connectivity index (χ0) is 24.0. The Morgan fingerprint density at radius 2 is 1.44 bits per heavy atom. The molecule has 3 aromatic carbocycles. The monoisotopic (exact) mass is 472 g/mol. The summed E-state index contributed by atoms with van der Waals surface area (Å²) in [7, 11) is 0. The van der Waals surface area contributed by atoms with Crippen LogP contribution in [0.25, 0.3) is 22.2 Å². The molecule has 0 spiro atoms. The van der Waals surface area contributed by atoms with Crippen LogP contribution in [0, 0.1) is 24.7 Å². The molecule has 1 atom stereocenters. The van der Waals surface area contributed by atoms with Crippen molar-refractivity contribution in [1.82, 2.24) is 9.88 Å². The quantitative estimate of drug-likeness (QED) is 0.326. The van der Waals surface area contributed by atoms with E-state index in [1.807, 2.05) is 6.07 Å². The van der Waals surface area contributed by atoms with Crippen molar-refractivity contribution in [3.8, 4) is 11.3 Å². The second-order valence-corrected chi connectivity index (χ2v) is 12.1. The number of benzene rings is 3. The van der Waals surface area contributed by atoms with Crippen LogP contribution in [-0.4, -0.2) is 21.3 Å². The van der Waals surface area contributed by atoms with Crippen molar-refractivity contribution in [1.29, 1.82) is 0 Å². The lowest BCUT2D eigenvalue weighted by Crippen LogP contribution is -2.61. The van der Waals surface area contributed by atoms with Crippen LogP contribution >= 0.6 is 0 Å². The lowest BCUT2D eigenvalue weighted by molar-refractivity contribution is -0.0805. The van der Waals surface area contributed by atoms with Gasteiger partial charge >= 0.3 is 0 Å². The number of aromatic nitrogens is 1. The topological polar surface area (TPSA) is 36.1 Å². The van der Waals surface area contributed by atoms with Gasteiger partial charge in [0.15, 0.2) is 0 Å². The molecule has 4 saturated carbocycles. The highest BCUT2D eigenvalue weighted by molar-refractivity contribution is 6.02. The van der Waals surface area contributed by atoms with E-state index in [-0.39, 0.29) is 17.5 Å². The molecule has 1 aromatic heterocycles. The molecule has 1 unspecified atom stereocenters. The summed E-state index contributed by atoms with van der Waals surface area (Å²) in [5.41, 5.74) is 8.07. The van der Waals surface area contributed by atoms with E-state index < -0.39 is 0 Å². The average molecular weight is 473 g/mol. The number of para-hydroxylation sites is 1. The van der Waals surface area contributed by atoms with Crippen molar-refractivity contribution in [3.05, 3.63) is 95.1 Å². The summed E-state index contributed by atoms with van der Waals surface area (Å²) in [5.74, 6) is 2.60. The Hall–Kier alpha value is -3.33. The fourth-order valence-electron chi connectivity index (χ4n) is 8.85. The lowest BCUT2D eigenvalue weighted by Gasteiger charge is -2.61. The summed E-state index contributed by atoms with van der Waals surface area (Å²) in [6.07, 6.45) is 7.66. The van der Waals surface area contributed by atoms with Crippen LogP contribution in [0.2, 0.25) is 0 Å². The number of carbonyl (C=O) groups is 1. The van der Waals surface area contributed by atoms with Crippen molar-refractivity contribution >= 4 is 16.8 Å². The largest absolute Gasteiger partial charge is 0.354 e. The fraction of sp³-hybridized carbons (Fsp3) is 0.364. The first kappa shape index (κ1) is 20.8. The number of hydrogen-bond acceptors (Lipinski definition) is 1. The summed E-state index contributed by atoms with van der Waals surface area (Å²) < 4.78 is 0. The van der Waals surface area contributed by atoms with Gasteiger partial charge in [0.1, 0.15) is 0 Å². The van der Waals surface area contributed by atoms with E-state index in [0.717, 1.165) is 34.5 Å². The predicted molar refractivity (Wildman–Crippen MR) is 144 cm³/mol. The van der Waals surface area contributed by atoms with Crippen molar-refractivity contribution in [2.24, 2.45) is 17.8 Å². The zero-order valence-electron chi connectivity index (χ0n) is 20.8. The van der Waals surface area contributed by atoms with Gasteiger partial charge in [0.25, 0.3) is 5.91 Å². The Morgan fingerprint density at radius 1 is 0.806 bits per heavy atom. The molecule has 3 nitrogen and oxygen atoms in total. The molecule has 3 heteroatoms. The van der Waals surface area contributed by atoms with Crippen LogP contribution in [0.15, 0.2) is 72.8 Å². The predicted octanol–water partition coefficient (Wildman–Crippen LogP) is 7.66. The molecule has 1 aliphatic heterocycles. The van der Waals surface area contributed by atoms with Gasteiger partial charge < -0.3 is 9.88 Å². The summed E-state index contributed by atoms with van der Waals surface area (Å²) in [6, 6.07) is 25.8. The molecular formula is C33H32N2O. The molecule has 1 N–H and O–H groups in total. The van der Waals surface area contributed by atoms with Crippen molar-refractivity contribution < 1.29 is 4.79 Å². The molecule has 4 bridgehead atoms. The van der Waals surface area contributed by atoms with E-state index in [1.54, 1.807) is 0 Å². The van der Waals surface area contributed by atoms with Gasteiger partial charge in [-0.05, 0) is 86.5 Å². The highest BCUT2D eigenvalue weighted by atomic mass is 16.2. The maximum atomic E-state index is 14.4. The standard InChI is InChI=1S/C33H32N2O/c1-20-10-12-24(13-11-20)30-29(27-8-4-5-9-28(27)34-30)31-25-6-2-3-7-26(25)32(36)35(31)33-17-21-14-22(18-33)16-23(15-21)19-33/h2-13,21-23,31,34H,14-19H2,1H3. The first-order chi connectivity index (χ1) is 17.6. The van der Waals surface area contributed by atoms with Crippen molar-refractivity contribution in [2.75, 3.05) is 0 Å². The third-order valence-electron chi connectivity index (χ3n) is 9.84. The Bertz CT molecular complexity index is 1480. The molecular weight excluding hydrogens is 440 g/mol. The minimum absolute atomic E-state index is 0.0154. The van der Waals surface area contributed by atoms with Crippen LogP contribution in [0.3, 0.4) is 0 Å². The smallest absolute Gasteiger partial charge is 0.255 e. The Labute approximate surface area is 212 Å². The first-order valence-corrected chi connectivity index (χ1v) is 13.7. The lowest BCUT2D eigenvalue weighted by atomic mass is 9.52. The third-order valence-corrected chi connectivity index (χ3v) is 9.84. The van der Waals surface area contributed by atoms with Crippen LogP contribution in [-0.2, 0) is 0 Å². The number of nitrogens with zero attached hydrogens (tertiary/aromatic N) is 1. The SMILES string of the molecule is Cc1ccc(-c2[nH]c3ccccc3c2C2c3ccccc3C(=O)N2C23CC4CC(CC(C4)C2)C3)cc1. The summed E-state index contributed by atoms with van der Waals surface area (Å²) >= 11 is 0. The van der Waals surface area contributed by atoms with E-state index >= 15 is 0 Å². The number of aryl methyl sites for hydroxylation is 1. The summed E-state index contributed by atoms with van der Waals surface area (Å²) in [6.45, 7) is 2.14. The van der Waals surface area contributed by atoms with Gasteiger partial charge in [-0.3, -0.25) is 4.79 Å². The van der Waals surface area contributed by atoms with Crippen molar-refractivity contribution in [3.63, 3.8) is 0 Å².